The van der Waals surface area contributed by atoms with E-state index in [1.165, 1.54) is 16.8 Å². The van der Waals surface area contributed by atoms with Crippen LogP contribution in [0.15, 0.2) is 48.8 Å². The van der Waals surface area contributed by atoms with Crippen molar-refractivity contribution in [2.24, 2.45) is 0 Å². The number of pyridine rings is 1. The first kappa shape index (κ1) is 19.6. The molecule has 160 valence electrons. The van der Waals surface area contributed by atoms with Crippen LogP contribution in [0, 0.1) is 0 Å². The molecule has 7 heteroatoms. The molecule has 0 saturated carbocycles. The summed E-state index contributed by atoms with van der Waals surface area (Å²) in [7, 11) is 0. The molecule has 5 rings (SSSR count). The van der Waals surface area contributed by atoms with Crippen LogP contribution in [0.4, 0.5) is 17.2 Å². The highest BCUT2D eigenvalue weighted by Crippen LogP contribution is 2.30. The number of benzene rings is 1. The van der Waals surface area contributed by atoms with Crippen LogP contribution in [-0.4, -0.2) is 41.1 Å². The highest BCUT2D eigenvalue weighted by Gasteiger charge is 2.17. The standard InChI is InChI=1S/C24H28N6O/c1-2-11-30-23(8-10-26-30)22-16-18-7-9-25-17-21(18)24(28-22)27-19-3-5-20(6-4-19)29-12-14-31-15-13-29/h3-10,16,25H,2,11-15,17H2,1H3,(H,27,28). The lowest BCUT2D eigenvalue weighted by Gasteiger charge is -2.29. The second-order valence-corrected chi connectivity index (χ2v) is 7.85. The first-order valence-electron chi connectivity index (χ1n) is 11.0. The Balaban J connectivity index is 1.45. The molecule has 0 radical (unpaired) electrons. The fourth-order valence-corrected chi connectivity index (χ4v) is 4.12. The van der Waals surface area contributed by atoms with Crippen molar-refractivity contribution >= 4 is 23.3 Å². The third-order valence-corrected chi connectivity index (χ3v) is 5.74. The van der Waals surface area contributed by atoms with E-state index in [4.69, 9.17) is 9.72 Å². The van der Waals surface area contributed by atoms with E-state index in [0.717, 1.165) is 68.7 Å². The molecule has 7 nitrogen and oxygen atoms in total. The molecule has 31 heavy (non-hydrogen) atoms. The fraction of sp³-hybridized carbons (Fsp3) is 0.333. The summed E-state index contributed by atoms with van der Waals surface area (Å²) in [4.78, 5) is 7.36. The lowest BCUT2D eigenvalue weighted by Crippen LogP contribution is -2.36. The van der Waals surface area contributed by atoms with Gasteiger partial charge in [-0.3, -0.25) is 4.68 Å². The summed E-state index contributed by atoms with van der Waals surface area (Å²) in [5, 5.41) is 11.3. The van der Waals surface area contributed by atoms with Crippen molar-refractivity contribution in [3.63, 3.8) is 0 Å². The summed E-state index contributed by atoms with van der Waals surface area (Å²) in [5.74, 6) is 0.882. The maximum atomic E-state index is 5.46. The van der Waals surface area contributed by atoms with Gasteiger partial charge in [0.15, 0.2) is 0 Å². The normalized spacial score (nSPS) is 15.5. The Morgan fingerprint density at radius 2 is 1.97 bits per heavy atom. The number of rotatable bonds is 6. The van der Waals surface area contributed by atoms with Gasteiger partial charge in [-0.1, -0.05) is 6.92 Å². The minimum Gasteiger partial charge on any atom is -0.387 e. The van der Waals surface area contributed by atoms with Gasteiger partial charge < -0.3 is 20.3 Å². The minimum atomic E-state index is 0.752. The molecule has 2 N–H and O–H groups in total. The first-order chi connectivity index (χ1) is 15.3. The Morgan fingerprint density at radius 3 is 2.77 bits per heavy atom. The molecule has 4 heterocycles. The van der Waals surface area contributed by atoms with Gasteiger partial charge >= 0.3 is 0 Å². The third kappa shape index (κ3) is 4.14. The summed E-state index contributed by atoms with van der Waals surface area (Å²) in [6.07, 6.45) is 6.98. The average molecular weight is 417 g/mol. The van der Waals surface area contributed by atoms with Crippen LogP contribution in [0.2, 0.25) is 0 Å². The van der Waals surface area contributed by atoms with Crippen molar-refractivity contribution < 1.29 is 4.74 Å². The van der Waals surface area contributed by atoms with Crippen LogP contribution in [0.5, 0.6) is 0 Å². The van der Waals surface area contributed by atoms with Gasteiger partial charge in [-0.2, -0.15) is 5.10 Å². The summed E-state index contributed by atoms with van der Waals surface area (Å²) in [5.41, 5.74) is 6.59. The smallest absolute Gasteiger partial charge is 0.136 e. The van der Waals surface area contributed by atoms with E-state index in [1.54, 1.807) is 0 Å². The molecule has 1 aromatic carbocycles. The van der Waals surface area contributed by atoms with Gasteiger partial charge in [-0.25, -0.2) is 4.98 Å². The Morgan fingerprint density at radius 1 is 1.13 bits per heavy atom. The Kier molecular flexibility index (Phi) is 5.58. The molecule has 2 aliphatic rings. The third-order valence-electron chi connectivity index (χ3n) is 5.74. The van der Waals surface area contributed by atoms with Crippen molar-refractivity contribution in [2.75, 3.05) is 36.5 Å². The molecular weight excluding hydrogens is 388 g/mol. The van der Waals surface area contributed by atoms with E-state index in [-0.39, 0.29) is 0 Å². The lowest BCUT2D eigenvalue weighted by molar-refractivity contribution is 0.122. The van der Waals surface area contributed by atoms with E-state index in [2.05, 4.69) is 64.0 Å². The van der Waals surface area contributed by atoms with E-state index >= 15 is 0 Å². The van der Waals surface area contributed by atoms with Gasteiger partial charge in [0.25, 0.3) is 0 Å². The molecule has 3 aromatic rings. The fourth-order valence-electron chi connectivity index (χ4n) is 4.12. The predicted molar refractivity (Wildman–Crippen MR) is 124 cm³/mol. The van der Waals surface area contributed by atoms with Crippen molar-refractivity contribution in [1.29, 1.82) is 0 Å². The maximum absolute atomic E-state index is 5.46. The Labute approximate surface area is 182 Å². The monoisotopic (exact) mass is 416 g/mol. The molecule has 0 bridgehead atoms. The number of anilines is 3. The number of hydrogen-bond acceptors (Lipinski definition) is 6. The van der Waals surface area contributed by atoms with Crippen LogP contribution in [0.1, 0.15) is 24.5 Å². The van der Waals surface area contributed by atoms with Gasteiger partial charge in [0.2, 0.25) is 0 Å². The van der Waals surface area contributed by atoms with Crippen molar-refractivity contribution in [3.8, 4) is 11.4 Å². The molecule has 1 saturated heterocycles. The number of aryl methyl sites for hydroxylation is 1. The van der Waals surface area contributed by atoms with Gasteiger partial charge in [-0.15, -0.1) is 0 Å². The predicted octanol–water partition coefficient (Wildman–Crippen LogP) is 4.01. The topological polar surface area (TPSA) is 67.2 Å². The van der Waals surface area contributed by atoms with Gasteiger partial charge in [0, 0.05) is 49.3 Å². The van der Waals surface area contributed by atoms with Crippen LogP contribution in [-0.2, 0) is 17.8 Å². The van der Waals surface area contributed by atoms with Gasteiger partial charge in [0.1, 0.15) is 5.82 Å². The molecule has 0 aliphatic carbocycles. The molecule has 2 aliphatic heterocycles. The SMILES string of the molecule is CCCn1nccc1-c1cc2c(c(Nc3ccc(N4CCOCC4)cc3)n1)CNC=C2. The Hall–Kier alpha value is -3.32. The van der Waals surface area contributed by atoms with E-state index in [9.17, 15) is 0 Å². The quantitative estimate of drug-likeness (QED) is 0.633. The molecule has 2 aromatic heterocycles. The number of aromatic nitrogens is 3. The van der Waals surface area contributed by atoms with E-state index < -0.39 is 0 Å². The largest absolute Gasteiger partial charge is 0.387 e. The second-order valence-electron chi connectivity index (χ2n) is 7.85. The second kappa shape index (κ2) is 8.81. The maximum Gasteiger partial charge on any atom is 0.136 e. The minimum absolute atomic E-state index is 0.752. The van der Waals surface area contributed by atoms with Crippen molar-refractivity contribution in [2.45, 2.75) is 26.4 Å². The van der Waals surface area contributed by atoms with Crippen LogP contribution >= 0.6 is 0 Å². The van der Waals surface area contributed by atoms with Crippen LogP contribution in [0.25, 0.3) is 17.5 Å². The number of ether oxygens (including phenoxy) is 1. The first-order valence-corrected chi connectivity index (χ1v) is 11.0. The molecule has 0 atom stereocenters. The van der Waals surface area contributed by atoms with E-state index in [0.29, 0.717) is 0 Å². The van der Waals surface area contributed by atoms with Crippen LogP contribution in [0.3, 0.4) is 0 Å². The number of nitrogens with zero attached hydrogens (tertiary/aromatic N) is 4. The van der Waals surface area contributed by atoms with Crippen LogP contribution < -0.4 is 15.5 Å². The Bertz CT molecular complexity index is 1070. The number of hydrogen-bond donors (Lipinski definition) is 2. The number of morpholine rings is 1. The zero-order valence-electron chi connectivity index (χ0n) is 17.8. The summed E-state index contributed by atoms with van der Waals surface area (Å²) < 4.78 is 7.49. The van der Waals surface area contributed by atoms with Gasteiger partial charge in [0.05, 0.1) is 24.6 Å². The van der Waals surface area contributed by atoms with Crippen molar-refractivity contribution in [1.82, 2.24) is 20.1 Å². The lowest BCUT2D eigenvalue weighted by atomic mass is 10.0. The molecule has 0 spiro atoms. The summed E-state index contributed by atoms with van der Waals surface area (Å²) in [6.45, 7) is 7.25. The van der Waals surface area contributed by atoms with E-state index in [1.807, 2.05) is 23.1 Å². The van der Waals surface area contributed by atoms with Gasteiger partial charge in [-0.05, 0) is 60.7 Å². The number of fused-ring (bicyclic) bond motifs is 1. The van der Waals surface area contributed by atoms with Crippen molar-refractivity contribution in [3.05, 3.63) is 59.9 Å². The highest BCUT2D eigenvalue weighted by atomic mass is 16.5. The average Bonchev–Trinajstić information content (AvgIpc) is 3.29. The zero-order valence-corrected chi connectivity index (χ0v) is 17.8. The summed E-state index contributed by atoms with van der Waals surface area (Å²) in [6, 6.07) is 12.8. The zero-order chi connectivity index (χ0) is 21.0. The molecule has 0 amide bonds. The molecule has 1 fully saturated rings. The molecular formula is C24H28N6O. The molecule has 0 unspecified atom stereocenters. The number of nitrogens with one attached hydrogen (secondary N) is 2. The summed E-state index contributed by atoms with van der Waals surface area (Å²) >= 11 is 0. The highest BCUT2D eigenvalue weighted by molar-refractivity contribution is 5.73.